The number of hydrazone groups is 1. The zero-order valence-electron chi connectivity index (χ0n) is 11.2. The third-order valence-corrected chi connectivity index (χ3v) is 3.79. The van der Waals surface area contributed by atoms with Gasteiger partial charge in [-0.25, -0.2) is 5.01 Å². The molecular formula is C15H21N3. The molecule has 1 fully saturated rings. The van der Waals surface area contributed by atoms with E-state index in [0.717, 1.165) is 19.0 Å². The normalized spacial score (nSPS) is 22.6. The standard InChI is InChI=1S/C15H21N3/c1-12(2)10-14-8-9-15-16-18(11-17(14)15)13-6-4-3-5-7-13/h3-7,12,14H,8-11H2,1-2H3/t14-/m1/s1. The molecule has 18 heavy (non-hydrogen) atoms. The molecule has 1 atom stereocenters. The molecule has 0 amide bonds. The summed E-state index contributed by atoms with van der Waals surface area (Å²) >= 11 is 0. The molecule has 0 unspecified atom stereocenters. The summed E-state index contributed by atoms with van der Waals surface area (Å²) in [6.07, 6.45) is 3.70. The van der Waals surface area contributed by atoms with Crippen LogP contribution in [-0.4, -0.2) is 23.4 Å². The van der Waals surface area contributed by atoms with Crippen molar-refractivity contribution in [2.75, 3.05) is 11.7 Å². The summed E-state index contributed by atoms with van der Waals surface area (Å²) in [4.78, 5) is 2.49. The molecule has 3 rings (SSSR count). The Hall–Kier alpha value is -1.51. The first kappa shape index (κ1) is 11.6. The molecule has 0 aromatic heterocycles. The van der Waals surface area contributed by atoms with Crippen LogP contribution < -0.4 is 5.01 Å². The summed E-state index contributed by atoms with van der Waals surface area (Å²) in [5, 5.41) is 6.88. The van der Waals surface area contributed by atoms with E-state index in [2.05, 4.69) is 54.1 Å². The van der Waals surface area contributed by atoms with Crippen LogP contribution in [0.25, 0.3) is 0 Å². The zero-order valence-corrected chi connectivity index (χ0v) is 11.2. The van der Waals surface area contributed by atoms with Crippen LogP contribution in [0.15, 0.2) is 35.4 Å². The summed E-state index contributed by atoms with van der Waals surface area (Å²) in [5.74, 6) is 2.05. The van der Waals surface area contributed by atoms with Gasteiger partial charge in [-0.2, -0.15) is 5.10 Å². The van der Waals surface area contributed by atoms with Gasteiger partial charge in [0, 0.05) is 12.5 Å². The van der Waals surface area contributed by atoms with Crippen LogP contribution in [0, 0.1) is 5.92 Å². The molecule has 0 N–H and O–H groups in total. The van der Waals surface area contributed by atoms with E-state index in [1.54, 1.807) is 0 Å². The third-order valence-electron chi connectivity index (χ3n) is 3.79. The molecule has 0 bridgehead atoms. The van der Waals surface area contributed by atoms with Crippen molar-refractivity contribution in [3.05, 3.63) is 30.3 Å². The number of nitrogens with zero attached hydrogens (tertiary/aromatic N) is 3. The molecule has 0 radical (unpaired) electrons. The van der Waals surface area contributed by atoms with Gasteiger partial charge < -0.3 is 4.90 Å². The molecule has 3 heteroatoms. The van der Waals surface area contributed by atoms with Gasteiger partial charge in [0.2, 0.25) is 0 Å². The van der Waals surface area contributed by atoms with Gasteiger partial charge in [-0.3, -0.25) is 0 Å². The van der Waals surface area contributed by atoms with Crippen molar-refractivity contribution < 1.29 is 0 Å². The van der Waals surface area contributed by atoms with Crippen molar-refractivity contribution in [2.45, 2.75) is 39.2 Å². The lowest BCUT2D eigenvalue weighted by Crippen LogP contribution is -2.35. The number of amidine groups is 1. The molecule has 3 nitrogen and oxygen atoms in total. The topological polar surface area (TPSA) is 18.8 Å². The molecule has 0 aliphatic carbocycles. The Morgan fingerprint density at radius 2 is 2.06 bits per heavy atom. The molecule has 0 spiro atoms. The average molecular weight is 243 g/mol. The van der Waals surface area contributed by atoms with Crippen LogP contribution in [0.2, 0.25) is 0 Å². The van der Waals surface area contributed by atoms with Crippen molar-refractivity contribution in [2.24, 2.45) is 11.0 Å². The molecule has 0 saturated carbocycles. The maximum absolute atomic E-state index is 4.75. The molecule has 1 aromatic rings. The highest BCUT2D eigenvalue weighted by Gasteiger charge is 2.35. The minimum atomic E-state index is 0.692. The molecular weight excluding hydrogens is 222 g/mol. The lowest BCUT2D eigenvalue weighted by Gasteiger charge is -2.25. The Bertz CT molecular complexity index is 438. The number of para-hydroxylation sites is 1. The van der Waals surface area contributed by atoms with Crippen molar-refractivity contribution >= 4 is 11.5 Å². The monoisotopic (exact) mass is 243 g/mol. The van der Waals surface area contributed by atoms with Gasteiger partial charge in [0.25, 0.3) is 0 Å². The third kappa shape index (κ3) is 2.09. The largest absolute Gasteiger partial charge is 0.336 e. The quantitative estimate of drug-likeness (QED) is 0.811. The Labute approximate surface area is 109 Å². The van der Waals surface area contributed by atoms with Crippen LogP contribution in [0.5, 0.6) is 0 Å². The molecule has 2 heterocycles. The van der Waals surface area contributed by atoms with Gasteiger partial charge in [-0.15, -0.1) is 0 Å². The molecule has 2 aliphatic rings. The van der Waals surface area contributed by atoms with Crippen molar-refractivity contribution in [1.82, 2.24) is 4.90 Å². The summed E-state index contributed by atoms with van der Waals surface area (Å²) in [7, 11) is 0. The fraction of sp³-hybridized carbons (Fsp3) is 0.533. The van der Waals surface area contributed by atoms with E-state index >= 15 is 0 Å². The van der Waals surface area contributed by atoms with Crippen molar-refractivity contribution in [3.8, 4) is 0 Å². The van der Waals surface area contributed by atoms with Gasteiger partial charge in [-0.05, 0) is 30.9 Å². The van der Waals surface area contributed by atoms with Gasteiger partial charge in [0.1, 0.15) is 12.5 Å². The van der Waals surface area contributed by atoms with Crippen LogP contribution in [-0.2, 0) is 0 Å². The summed E-state index contributed by atoms with van der Waals surface area (Å²) < 4.78 is 0. The van der Waals surface area contributed by atoms with E-state index in [9.17, 15) is 0 Å². The number of benzene rings is 1. The summed E-state index contributed by atoms with van der Waals surface area (Å²) in [6, 6.07) is 11.1. The lowest BCUT2D eigenvalue weighted by atomic mass is 10.0. The summed E-state index contributed by atoms with van der Waals surface area (Å²) in [6.45, 7) is 5.54. The predicted octanol–water partition coefficient (Wildman–Crippen LogP) is 3.29. The minimum Gasteiger partial charge on any atom is -0.336 e. The fourth-order valence-electron chi connectivity index (χ4n) is 2.95. The van der Waals surface area contributed by atoms with Crippen LogP contribution >= 0.6 is 0 Å². The van der Waals surface area contributed by atoms with Crippen LogP contribution in [0.4, 0.5) is 5.69 Å². The number of rotatable bonds is 3. The Balaban J connectivity index is 1.73. The zero-order chi connectivity index (χ0) is 12.5. The molecule has 96 valence electrons. The number of anilines is 1. The van der Waals surface area contributed by atoms with E-state index in [0.29, 0.717) is 6.04 Å². The number of hydrogen-bond acceptors (Lipinski definition) is 3. The summed E-state index contributed by atoms with van der Waals surface area (Å²) in [5.41, 5.74) is 1.20. The second-order valence-electron chi connectivity index (χ2n) is 5.68. The van der Waals surface area contributed by atoms with Gasteiger partial charge in [0.15, 0.2) is 0 Å². The maximum atomic E-state index is 4.75. The van der Waals surface area contributed by atoms with Gasteiger partial charge in [-0.1, -0.05) is 32.0 Å². The van der Waals surface area contributed by atoms with E-state index in [1.807, 2.05) is 0 Å². The van der Waals surface area contributed by atoms with Crippen molar-refractivity contribution in [3.63, 3.8) is 0 Å². The first-order valence-corrected chi connectivity index (χ1v) is 6.91. The smallest absolute Gasteiger partial charge is 0.127 e. The van der Waals surface area contributed by atoms with Gasteiger partial charge in [0.05, 0.1) is 5.69 Å². The van der Waals surface area contributed by atoms with Crippen molar-refractivity contribution in [1.29, 1.82) is 0 Å². The van der Waals surface area contributed by atoms with E-state index in [4.69, 9.17) is 5.10 Å². The Morgan fingerprint density at radius 3 is 2.78 bits per heavy atom. The van der Waals surface area contributed by atoms with E-state index in [1.165, 1.54) is 24.4 Å². The maximum Gasteiger partial charge on any atom is 0.127 e. The first-order chi connectivity index (χ1) is 8.74. The highest BCUT2D eigenvalue weighted by Crippen LogP contribution is 2.31. The second-order valence-corrected chi connectivity index (χ2v) is 5.68. The Morgan fingerprint density at radius 1 is 1.28 bits per heavy atom. The number of fused-ring (bicyclic) bond motifs is 1. The van der Waals surface area contributed by atoms with E-state index in [-0.39, 0.29) is 0 Å². The molecule has 1 aromatic carbocycles. The second kappa shape index (κ2) is 4.63. The minimum absolute atomic E-state index is 0.692. The van der Waals surface area contributed by atoms with Crippen LogP contribution in [0.1, 0.15) is 33.1 Å². The Kier molecular flexibility index (Phi) is 2.98. The lowest BCUT2D eigenvalue weighted by molar-refractivity contribution is 0.304. The number of hydrogen-bond donors (Lipinski definition) is 0. The van der Waals surface area contributed by atoms with E-state index < -0.39 is 0 Å². The van der Waals surface area contributed by atoms with Crippen LogP contribution in [0.3, 0.4) is 0 Å². The predicted molar refractivity (Wildman–Crippen MR) is 75.5 cm³/mol. The highest BCUT2D eigenvalue weighted by molar-refractivity contribution is 5.87. The fourth-order valence-corrected chi connectivity index (χ4v) is 2.95. The first-order valence-electron chi connectivity index (χ1n) is 6.91. The molecule has 1 saturated heterocycles. The van der Waals surface area contributed by atoms with Gasteiger partial charge >= 0.3 is 0 Å². The molecule has 2 aliphatic heterocycles. The SMILES string of the molecule is CC(C)C[C@H]1CCC2=NN(c3ccccc3)CN21. The average Bonchev–Trinajstić information content (AvgIpc) is 2.92. The highest BCUT2D eigenvalue weighted by atomic mass is 15.6.